The standard InChI is InChI=1S/C14H23NO3/c1-12-10-13(4-5-14(12)17-3)11-15-6-7-18-9-8-16-2/h4-5,10,15H,6-9,11H2,1-3H3. The highest BCUT2D eigenvalue weighted by molar-refractivity contribution is 5.36. The molecule has 0 fully saturated rings. The SMILES string of the molecule is COCCOCCNCc1ccc(OC)c(C)c1. The largest absolute Gasteiger partial charge is 0.496 e. The number of ether oxygens (including phenoxy) is 3. The lowest BCUT2D eigenvalue weighted by molar-refractivity contribution is 0.0719. The number of hydrogen-bond acceptors (Lipinski definition) is 4. The summed E-state index contributed by atoms with van der Waals surface area (Å²) in [5.74, 6) is 0.932. The van der Waals surface area contributed by atoms with Crippen molar-refractivity contribution in [3.8, 4) is 5.75 Å². The molecule has 0 bridgehead atoms. The predicted octanol–water partition coefficient (Wildman–Crippen LogP) is 1.76. The summed E-state index contributed by atoms with van der Waals surface area (Å²) in [6.45, 7) is 5.75. The molecule has 18 heavy (non-hydrogen) atoms. The van der Waals surface area contributed by atoms with Crippen molar-refractivity contribution in [1.82, 2.24) is 5.32 Å². The second kappa shape index (κ2) is 8.91. The molecule has 0 spiro atoms. The van der Waals surface area contributed by atoms with Crippen molar-refractivity contribution < 1.29 is 14.2 Å². The Balaban J connectivity index is 2.17. The molecule has 0 aliphatic heterocycles. The van der Waals surface area contributed by atoms with Gasteiger partial charge < -0.3 is 19.5 Å². The molecular weight excluding hydrogens is 230 g/mol. The van der Waals surface area contributed by atoms with Crippen molar-refractivity contribution in [2.24, 2.45) is 0 Å². The Morgan fingerprint density at radius 2 is 1.94 bits per heavy atom. The van der Waals surface area contributed by atoms with Gasteiger partial charge in [-0.1, -0.05) is 12.1 Å². The van der Waals surface area contributed by atoms with Crippen LogP contribution in [0.25, 0.3) is 0 Å². The molecule has 0 aliphatic carbocycles. The van der Waals surface area contributed by atoms with E-state index >= 15 is 0 Å². The highest BCUT2D eigenvalue weighted by Crippen LogP contribution is 2.18. The minimum absolute atomic E-state index is 0.650. The van der Waals surface area contributed by atoms with Gasteiger partial charge in [0.25, 0.3) is 0 Å². The average Bonchev–Trinajstić information content (AvgIpc) is 2.38. The van der Waals surface area contributed by atoms with Gasteiger partial charge in [0, 0.05) is 20.2 Å². The molecule has 0 saturated carbocycles. The number of hydrogen-bond donors (Lipinski definition) is 1. The van der Waals surface area contributed by atoms with Crippen molar-refractivity contribution in [2.75, 3.05) is 40.6 Å². The predicted molar refractivity (Wildman–Crippen MR) is 72.1 cm³/mol. The maximum atomic E-state index is 5.36. The third kappa shape index (κ3) is 5.49. The van der Waals surface area contributed by atoms with E-state index in [1.54, 1.807) is 14.2 Å². The summed E-state index contributed by atoms with van der Waals surface area (Å²) < 4.78 is 15.5. The fourth-order valence-electron chi connectivity index (χ4n) is 1.67. The summed E-state index contributed by atoms with van der Waals surface area (Å²) in [5, 5.41) is 3.34. The van der Waals surface area contributed by atoms with Crippen molar-refractivity contribution in [1.29, 1.82) is 0 Å². The first-order chi connectivity index (χ1) is 8.77. The quantitative estimate of drug-likeness (QED) is 0.681. The van der Waals surface area contributed by atoms with E-state index in [0.717, 1.165) is 24.4 Å². The van der Waals surface area contributed by atoms with Crippen LogP contribution in [0.1, 0.15) is 11.1 Å². The summed E-state index contributed by atoms with van der Waals surface area (Å²) in [6.07, 6.45) is 0. The monoisotopic (exact) mass is 253 g/mol. The zero-order chi connectivity index (χ0) is 13.2. The molecule has 1 N–H and O–H groups in total. The van der Waals surface area contributed by atoms with Gasteiger partial charge in [0.2, 0.25) is 0 Å². The molecule has 4 heteroatoms. The van der Waals surface area contributed by atoms with Crippen molar-refractivity contribution in [2.45, 2.75) is 13.5 Å². The average molecular weight is 253 g/mol. The van der Waals surface area contributed by atoms with Gasteiger partial charge in [-0.3, -0.25) is 0 Å². The Hall–Kier alpha value is -1.10. The Morgan fingerprint density at radius 3 is 2.61 bits per heavy atom. The van der Waals surface area contributed by atoms with Crippen LogP contribution in [-0.4, -0.2) is 40.6 Å². The van der Waals surface area contributed by atoms with E-state index in [1.165, 1.54) is 5.56 Å². The Bertz CT molecular complexity index is 342. The fourth-order valence-corrected chi connectivity index (χ4v) is 1.67. The molecular formula is C14H23NO3. The first kappa shape index (κ1) is 15.0. The summed E-state index contributed by atoms with van der Waals surface area (Å²) in [6, 6.07) is 6.21. The van der Waals surface area contributed by atoms with E-state index in [-0.39, 0.29) is 0 Å². The van der Waals surface area contributed by atoms with Gasteiger partial charge >= 0.3 is 0 Å². The molecule has 102 valence electrons. The molecule has 0 radical (unpaired) electrons. The van der Waals surface area contributed by atoms with Gasteiger partial charge in [0.05, 0.1) is 26.9 Å². The molecule has 1 aromatic carbocycles. The maximum absolute atomic E-state index is 5.36. The maximum Gasteiger partial charge on any atom is 0.121 e. The van der Waals surface area contributed by atoms with Crippen LogP contribution in [0.2, 0.25) is 0 Å². The first-order valence-electron chi connectivity index (χ1n) is 6.19. The molecule has 0 saturated heterocycles. The van der Waals surface area contributed by atoms with E-state index in [2.05, 4.69) is 24.4 Å². The van der Waals surface area contributed by atoms with Crippen LogP contribution in [0.15, 0.2) is 18.2 Å². The topological polar surface area (TPSA) is 39.7 Å². The van der Waals surface area contributed by atoms with Gasteiger partial charge in [-0.05, 0) is 24.1 Å². The number of nitrogens with one attached hydrogen (secondary N) is 1. The van der Waals surface area contributed by atoms with Crippen molar-refractivity contribution in [3.63, 3.8) is 0 Å². The van der Waals surface area contributed by atoms with E-state index in [1.807, 2.05) is 6.07 Å². The van der Waals surface area contributed by atoms with E-state index in [4.69, 9.17) is 14.2 Å². The van der Waals surface area contributed by atoms with Crippen LogP contribution in [0, 0.1) is 6.92 Å². The highest BCUT2D eigenvalue weighted by Gasteiger charge is 1.99. The van der Waals surface area contributed by atoms with Crippen LogP contribution in [-0.2, 0) is 16.0 Å². The second-order valence-electron chi connectivity index (χ2n) is 4.09. The number of methoxy groups -OCH3 is 2. The Kier molecular flexibility index (Phi) is 7.41. The molecule has 0 unspecified atom stereocenters. The fraction of sp³-hybridized carbons (Fsp3) is 0.571. The van der Waals surface area contributed by atoms with Crippen molar-refractivity contribution >= 4 is 0 Å². The van der Waals surface area contributed by atoms with Gasteiger partial charge in [-0.15, -0.1) is 0 Å². The van der Waals surface area contributed by atoms with Crippen LogP contribution in [0.3, 0.4) is 0 Å². The van der Waals surface area contributed by atoms with Gasteiger partial charge in [-0.2, -0.15) is 0 Å². The summed E-state index contributed by atoms with van der Waals surface area (Å²) in [5.41, 5.74) is 2.42. The summed E-state index contributed by atoms with van der Waals surface area (Å²) >= 11 is 0. The smallest absolute Gasteiger partial charge is 0.121 e. The molecule has 0 heterocycles. The molecule has 0 amide bonds. The van der Waals surface area contributed by atoms with Gasteiger partial charge in [0.1, 0.15) is 5.75 Å². The Morgan fingerprint density at radius 1 is 1.11 bits per heavy atom. The Labute approximate surface area is 109 Å². The lowest BCUT2D eigenvalue weighted by atomic mass is 10.1. The van der Waals surface area contributed by atoms with Gasteiger partial charge in [-0.25, -0.2) is 0 Å². The first-order valence-corrected chi connectivity index (χ1v) is 6.19. The summed E-state index contributed by atoms with van der Waals surface area (Å²) in [7, 11) is 3.37. The zero-order valence-corrected chi connectivity index (χ0v) is 11.5. The molecule has 1 rings (SSSR count). The zero-order valence-electron chi connectivity index (χ0n) is 11.5. The van der Waals surface area contributed by atoms with Crippen LogP contribution < -0.4 is 10.1 Å². The molecule has 4 nitrogen and oxygen atoms in total. The van der Waals surface area contributed by atoms with E-state index < -0.39 is 0 Å². The minimum Gasteiger partial charge on any atom is -0.496 e. The third-order valence-electron chi connectivity index (χ3n) is 2.64. The lowest BCUT2D eigenvalue weighted by Crippen LogP contribution is -2.20. The van der Waals surface area contributed by atoms with Crippen LogP contribution in [0.4, 0.5) is 0 Å². The number of rotatable bonds is 9. The van der Waals surface area contributed by atoms with Crippen molar-refractivity contribution in [3.05, 3.63) is 29.3 Å². The number of benzene rings is 1. The van der Waals surface area contributed by atoms with E-state index in [0.29, 0.717) is 19.8 Å². The highest BCUT2D eigenvalue weighted by atomic mass is 16.5. The lowest BCUT2D eigenvalue weighted by Gasteiger charge is -2.09. The third-order valence-corrected chi connectivity index (χ3v) is 2.64. The van der Waals surface area contributed by atoms with Crippen LogP contribution >= 0.6 is 0 Å². The normalized spacial score (nSPS) is 10.6. The molecule has 1 aromatic rings. The van der Waals surface area contributed by atoms with Crippen LogP contribution in [0.5, 0.6) is 5.75 Å². The second-order valence-corrected chi connectivity index (χ2v) is 4.09. The number of aryl methyl sites for hydroxylation is 1. The minimum atomic E-state index is 0.650. The van der Waals surface area contributed by atoms with Gasteiger partial charge in [0.15, 0.2) is 0 Å². The van der Waals surface area contributed by atoms with E-state index in [9.17, 15) is 0 Å². The summed E-state index contributed by atoms with van der Waals surface area (Å²) in [4.78, 5) is 0. The molecule has 0 aromatic heterocycles. The molecule has 0 aliphatic rings. The molecule has 0 atom stereocenters.